The van der Waals surface area contributed by atoms with Gasteiger partial charge in [-0.25, -0.2) is 4.98 Å². The SMILES string of the molecule is CCN(CC)C(CNC(=O)c1cc(Br)cnc1Cl)c1ccccc1. The second kappa shape index (κ2) is 9.16. The Labute approximate surface area is 156 Å². The summed E-state index contributed by atoms with van der Waals surface area (Å²) in [5.74, 6) is -0.220. The number of amides is 1. The van der Waals surface area contributed by atoms with Gasteiger partial charge in [0, 0.05) is 17.2 Å². The maximum atomic E-state index is 12.5. The zero-order chi connectivity index (χ0) is 17.5. The van der Waals surface area contributed by atoms with Crippen LogP contribution in [0.15, 0.2) is 47.1 Å². The number of benzene rings is 1. The summed E-state index contributed by atoms with van der Waals surface area (Å²) in [6.45, 7) is 6.57. The van der Waals surface area contributed by atoms with Gasteiger partial charge in [0.2, 0.25) is 0 Å². The van der Waals surface area contributed by atoms with Gasteiger partial charge in [0.05, 0.1) is 11.6 Å². The quantitative estimate of drug-likeness (QED) is 0.692. The molecule has 0 spiro atoms. The minimum atomic E-state index is -0.220. The Morgan fingerprint density at radius 2 is 1.96 bits per heavy atom. The molecular weight excluding hydrogens is 390 g/mol. The Morgan fingerprint density at radius 3 is 2.58 bits per heavy atom. The second-order valence-corrected chi connectivity index (χ2v) is 6.62. The van der Waals surface area contributed by atoms with Crippen molar-refractivity contribution in [2.75, 3.05) is 19.6 Å². The molecular formula is C18H21BrClN3O. The zero-order valence-electron chi connectivity index (χ0n) is 13.8. The first-order chi connectivity index (χ1) is 11.6. The molecule has 1 unspecified atom stereocenters. The number of likely N-dealkylation sites (N-methyl/N-ethyl adjacent to an activating group) is 1. The van der Waals surface area contributed by atoms with Gasteiger partial charge in [0.25, 0.3) is 5.91 Å². The maximum Gasteiger partial charge on any atom is 0.254 e. The molecule has 6 heteroatoms. The molecule has 0 aliphatic heterocycles. The third-order valence-corrected chi connectivity index (χ3v) is 4.68. The summed E-state index contributed by atoms with van der Waals surface area (Å²) in [7, 11) is 0. The highest BCUT2D eigenvalue weighted by molar-refractivity contribution is 9.10. The molecule has 1 atom stereocenters. The summed E-state index contributed by atoms with van der Waals surface area (Å²) in [6, 6.07) is 12.0. The van der Waals surface area contributed by atoms with Gasteiger partial charge in [-0.15, -0.1) is 0 Å². The molecule has 0 saturated heterocycles. The number of halogens is 2. The number of hydrogen-bond acceptors (Lipinski definition) is 3. The summed E-state index contributed by atoms with van der Waals surface area (Å²) >= 11 is 9.35. The van der Waals surface area contributed by atoms with Crippen LogP contribution in [0.25, 0.3) is 0 Å². The van der Waals surface area contributed by atoms with E-state index >= 15 is 0 Å². The van der Waals surface area contributed by atoms with Crippen molar-refractivity contribution in [3.8, 4) is 0 Å². The van der Waals surface area contributed by atoms with E-state index < -0.39 is 0 Å². The van der Waals surface area contributed by atoms with Gasteiger partial charge in [-0.1, -0.05) is 55.8 Å². The van der Waals surface area contributed by atoms with Crippen LogP contribution in [0.2, 0.25) is 5.15 Å². The summed E-state index contributed by atoms with van der Waals surface area (Å²) in [5, 5.41) is 3.19. The number of nitrogens with one attached hydrogen (secondary N) is 1. The van der Waals surface area contributed by atoms with Gasteiger partial charge in [0.1, 0.15) is 5.15 Å². The summed E-state index contributed by atoms with van der Waals surface area (Å²) in [4.78, 5) is 18.8. The van der Waals surface area contributed by atoms with Gasteiger partial charge in [-0.3, -0.25) is 9.69 Å². The number of carbonyl (C=O) groups excluding carboxylic acids is 1. The maximum absolute atomic E-state index is 12.5. The average Bonchev–Trinajstić information content (AvgIpc) is 2.61. The lowest BCUT2D eigenvalue weighted by molar-refractivity contribution is 0.0934. The molecule has 1 aromatic carbocycles. The molecule has 0 fully saturated rings. The number of aromatic nitrogens is 1. The third-order valence-electron chi connectivity index (χ3n) is 3.94. The predicted molar refractivity (Wildman–Crippen MR) is 101 cm³/mol. The van der Waals surface area contributed by atoms with Crippen LogP contribution in [0.4, 0.5) is 0 Å². The van der Waals surface area contributed by atoms with E-state index in [0.29, 0.717) is 12.1 Å². The van der Waals surface area contributed by atoms with Crippen molar-refractivity contribution in [3.05, 3.63) is 63.3 Å². The van der Waals surface area contributed by atoms with Crippen molar-refractivity contribution < 1.29 is 4.79 Å². The molecule has 2 rings (SSSR count). The topological polar surface area (TPSA) is 45.2 Å². The number of carbonyl (C=O) groups is 1. The highest BCUT2D eigenvalue weighted by Crippen LogP contribution is 2.21. The molecule has 4 nitrogen and oxygen atoms in total. The van der Waals surface area contributed by atoms with Crippen molar-refractivity contribution in [1.82, 2.24) is 15.2 Å². The van der Waals surface area contributed by atoms with Crippen molar-refractivity contribution in [2.45, 2.75) is 19.9 Å². The lowest BCUT2D eigenvalue weighted by Gasteiger charge is -2.30. The largest absolute Gasteiger partial charge is 0.350 e. The van der Waals surface area contributed by atoms with Gasteiger partial charge >= 0.3 is 0 Å². The van der Waals surface area contributed by atoms with Crippen molar-refractivity contribution in [3.63, 3.8) is 0 Å². The number of rotatable bonds is 7. The lowest BCUT2D eigenvalue weighted by atomic mass is 10.0. The van der Waals surface area contributed by atoms with Crippen LogP contribution in [0.3, 0.4) is 0 Å². The molecule has 24 heavy (non-hydrogen) atoms. The Morgan fingerprint density at radius 1 is 1.29 bits per heavy atom. The molecule has 0 bridgehead atoms. The molecule has 1 heterocycles. The Kier molecular flexibility index (Phi) is 7.21. The molecule has 0 saturated carbocycles. The number of pyridine rings is 1. The number of hydrogen-bond donors (Lipinski definition) is 1. The van der Waals surface area contributed by atoms with E-state index in [-0.39, 0.29) is 17.1 Å². The van der Waals surface area contributed by atoms with Gasteiger partial charge < -0.3 is 5.32 Å². The van der Waals surface area contributed by atoms with Crippen molar-refractivity contribution in [2.24, 2.45) is 0 Å². The minimum absolute atomic E-state index is 0.115. The van der Waals surface area contributed by atoms with Crippen LogP contribution in [0.1, 0.15) is 35.8 Å². The first-order valence-corrected chi connectivity index (χ1v) is 9.12. The van der Waals surface area contributed by atoms with Crippen molar-refractivity contribution in [1.29, 1.82) is 0 Å². The van der Waals surface area contributed by atoms with Gasteiger partial charge in [-0.05, 0) is 40.6 Å². The van der Waals surface area contributed by atoms with E-state index in [4.69, 9.17) is 11.6 Å². The van der Waals surface area contributed by atoms with Crippen LogP contribution < -0.4 is 5.32 Å². The van der Waals surface area contributed by atoms with E-state index in [1.165, 1.54) is 5.56 Å². The summed E-state index contributed by atoms with van der Waals surface area (Å²) in [6.07, 6.45) is 1.57. The average molecular weight is 411 g/mol. The molecule has 128 valence electrons. The Balaban J connectivity index is 2.15. The second-order valence-electron chi connectivity index (χ2n) is 5.35. The van der Waals surface area contributed by atoms with Crippen LogP contribution in [-0.4, -0.2) is 35.4 Å². The Hall–Kier alpha value is -1.43. The standard InChI is InChI=1S/C18H21BrClN3O/c1-3-23(4-2)16(13-8-6-5-7-9-13)12-22-18(24)15-10-14(19)11-21-17(15)20/h5-11,16H,3-4,12H2,1-2H3,(H,22,24). The van der Waals surface area contributed by atoms with E-state index in [9.17, 15) is 4.79 Å². The van der Waals surface area contributed by atoms with E-state index in [1.807, 2.05) is 18.2 Å². The first kappa shape index (κ1) is 18.9. The highest BCUT2D eigenvalue weighted by Gasteiger charge is 2.20. The van der Waals surface area contributed by atoms with E-state index in [1.54, 1.807) is 12.3 Å². The fourth-order valence-corrected chi connectivity index (χ4v) is 3.18. The van der Waals surface area contributed by atoms with Crippen LogP contribution in [0.5, 0.6) is 0 Å². The molecule has 0 aliphatic carbocycles. The predicted octanol–water partition coefficient (Wildman–Crippen LogP) is 4.31. The molecule has 0 aliphatic rings. The normalized spacial score (nSPS) is 12.2. The highest BCUT2D eigenvalue weighted by atomic mass is 79.9. The monoisotopic (exact) mass is 409 g/mol. The third kappa shape index (κ3) is 4.79. The first-order valence-electron chi connectivity index (χ1n) is 7.95. The lowest BCUT2D eigenvalue weighted by Crippen LogP contribution is -2.38. The molecule has 1 N–H and O–H groups in total. The minimum Gasteiger partial charge on any atom is -0.350 e. The molecule has 0 radical (unpaired) electrons. The fraction of sp³-hybridized carbons (Fsp3) is 0.333. The molecule has 2 aromatic rings. The van der Waals surface area contributed by atoms with Crippen molar-refractivity contribution >= 4 is 33.4 Å². The smallest absolute Gasteiger partial charge is 0.254 e. The van der Waals surface area contributed by atoms with Crippen LogP contribution in [0, 0.1) is 0 Å². The molecule has 1 amide bonds. The molecule has 1 aromatic heterocycles. The number of nitrogens with zero attached hydrogens (tertiary/aromatic N) is 2. The van der Waals surface area contributed by atoms with E-state index in [0.717, 1.165) is 17.6 Å². The summed E-state index contributed by atoms with van der Waals surface area (Å²) in [5.41, 5.74) is 1.55. The zero-order valence-corrected chi connectivity index (χ0v) is 16.1. The Bertz CT molecular complexity index is 677. The van der Waals surface area contributed by atoms with Crippen LogP contribution >= 0.6 is 27.5 Å². The summed E-state index contributed by atoms with van der Waals surface area (Å²) < 4.78 is 0.723. The fourth-order valence-electron chi connectivity index (χ4n) is 2.66. The van der Waals surface area contributed by atoms with E-state index in [2.05, 4.69) is 57.1 Å². The van der Waals surface area contributed by atoms with Crippen LogP contribution in [-0.2, 0) is 0 Å². The van der Waals surface area contributed by atoms with Gasteiger partial charge in [-0.2, -0.15) is 0 Å². The van der Waals surface area contributed by atoms with Gasteiger partial charge in [0.15, 0.2) is 0 Å².